The number of benzene rings is 1. The predicted molar refractivity (Wildman–Crippen MR) is 116 cm³/mol. The van der Waals surface area contributed by atoms with Gasteiger partial charge in [0.25, 0.3) is 7.37 Å². The van der Waals surface area contributed by atoms with Crippen molar-refractivity contribution in [2.24, 2.45) is 0 Å². The van der Waals surface area contributed by atoms with Gasteiger partial charge in [-0.3, -0.25) is 23.0 Å². The Bertz CT molecular complexity index is 868. The minimum atomic E-state index is -4.47. The standard InChI is InChI=1S/C17H32N3O8P3.Fe/c1-3-19(14-31(25,26)27)10-12-20(11-9-18-13-30(22,23)24)15-29(21,28-16(20)2)17-7-5-4-6-8-17;/h4-8,16,18H,3,9-15H2,1-2H3,(H3-,22,23,24,25,26,27);/t16-,20?,29?;/m0./s1. The third-order valence-corrected chi connectivity index (χ3v) is 9.51. The maximum absolute atomic E-state index is 13.6. The quantitative estimate of drug-likeness (QED) is 0.122. The average molecular weight is 555 g/mol. The third kappa shape index (κ3) is 9.05. The Morgan fingerprint density at radius 2 is 1.88 bits per heavy atom. The first-order chi connectivity index (χ1) is 14.3. The first-order valence-electron chi connectivity index (χ1n) is 9.98. The van der Waals surface area contributed by atoms with Gasteiger partial charge < -0.3 is 29.5 Å². The summed E-state index contributed by atoms with van der Waals surface area (Å²) in [6.07, 6.45) is -1.24. The molecule has 0 radical (unpaired) electrons. The van der Waals surface area contributed by atoms with Crippen LogP contribution < -0.4 is 15.5 Å². The van der Waals surface area contributed by atoms with E-state index in [0.717, 1.165) is 0 Å². The fraction of sp³-hybridized carbons (Fsp3) is 0.647. The molecule has 1 heterocycles. The van der Waals surface area contributed by atoms with Crippen LogP contribution in [0, 0.1) is 0 Å². The molecule has 2 rings (SSSR count). The van der Waals surface area contributed by atoms with Crippen molar-refractivity contribution in [3.63, 3.8) is 0 Å². The van der Waals surface area contributed by atoms with E-state index in [0.29, 0.717) is 31.5 Å². The Hall–Kier alpha value is 0.109. The molecule has 3 unspecified atom stereocenters. The number of nitrogens with zero attached hydrogens (tertiary/aromatic N) is 2. The Morgan fingerprint density at radius 3 is 2.41 bits per heavy atom. The van der Waals surface area contributed by atoms with Crippen LogP contribution in [0.1, 0.15) is 13.8 Å². The zero-order chi connectivity index (χ0) is 23.3. The number of likely N-dealkylation sites (N-methyl/N-ethyl adjacent to an activating group) is 1. The number of hydrogen-bond donors (Lipinski definition) is 4. The average Bonchev–Trinajstić information content (AvgIpc) is 2.93. The van der Waals surface area contributed by atoms with Gasteiger partial charge in [-0.2, -0.15) is 0 Å². The van der Waals surface area contributed by atoms with Crippen LogP contribution in [0.4, 0.5) is 0 Å². The minimum absolute atomic E-state index is 0. The SMILES string of the molecule is CCN(CC[N+]1(CCNCP(=O)(O)O)CP(=O)(c2ccccc2)O[C@H]1C)CP(=O)([O-])O.[Fe]. The fourth-order valence-electron chi connectivity index (χ4n) is 3.73. The van der Waals surface area contributed by atoms with E-state index in [1.807, 2.05) is 6.07 Å². The molecule has 4 N–H and O–H groups in total. The monoisotopic (exact) mass is 555 g/mol. The van der Waals surface area contributed by atoms with Crippen molar-refractivity contribution in [2.45, 2.75) is 20.1 Å². The van der Waals surface area contributed by atoms with Gasteiger partial charge in [0.15, 0.2) is 12.5 Å². The Labute approximate surface area is 199 Å². The molecule has 1 aromatic rings. The summed E-state index contributed by atoms with van der Waals surface area (Å²) >= 11 is 0. The first kappa shape index (κ1) is 30.1. The van der Waals surface area contributed by atoms with Crippen molar-refractivity contribution >= 4 is 27.9 Å². The summed E-state index contributed by atoms with van der Waals surface area (Å²) in [5, 5.41) is 3.33. The fourth-order valence-corrected chi connectivity index (χ4v) is 7.95. The van der Waals surface area contributed by atoms with Crippen molar-refractivity contribution in [3.05, 3.63) is 30.3 Å². The maximum Gasteiger partial charge on any atom is 0.339 e. The summed E-state index contributed by atoms with van der Waals surface area (Å²) in [7, 11) is -11.9. The van der Waals surface area contributed by atoms with Gasteiger partial charge in [0, 0.05) is 42.4 Å². The summed E-state index contributed by atoms with van der Waals surface area (Å²) < 4.78 is 42.3. The van der Waals surface area contributed by atoms with Gasteiger partial charge in [-0.25, -0.2) is 0 Å². The van der Waals surface area contributed by atoms with Gasteiger partial charge in [0.05, 0.1) is 25.7 Å². The minimum Gasteiger partial charge on any atom is -0.778 e. The molecule has 186 valence electrons. The summed E-state index contributed by atoms with van der Waals surface area (Å²) in [5.74, 6) is 0. The van der Waals surface area contributed by atoms with E-state index in [4.69, 9.17) is 14.3 Å². The Balaban J connectivity index is 0.00000512. The zero-order valence-electron chi connectivity index (χ0n) is 18.1. The second-order valence-electron chi connectivity index (χ2n) is 7.83. The molecule has 1 aliphatic heterocycles. The number of hydrogen-bond acceptors (Lipinski definition) is 7. The molecule has 1 aromatic carbocycles. The van der Waals surface area contributed by atoms with Crippen molar-refractivity contribution in [1.82, 2.24) is 10.2 Å². The van der Waals surface area contributed by atoms with Crippen LogP contribution in [0.25, 0.3) is 0 Å². The number of rotatable bonds is 12. The van der Waals surface area contributed by atoms with Crippen LogP contribution in [0.15, 0.2) is 30.3 Å². The van der Waals surface area contributed by atoms with Gasteiger partial charge >= 0.3 is 7.60 Å². The van der Waals surface area contributed by atoms with E-state index in [1.165, 1.54) is 0 Å². The molecule has 15 heteroatoms. The van der Waals surface area contributed by atoms with Gasteiger partial charge in [0.2, 0.25) is 0 Å². The molecule has 0 saturated carbocycles. The maximum atomic E-state index is 13.6. The first-order valence-corrected chi connectivity index (χ1v) is 15.3. The molecule has 0 bridgehead atoms. The van der Waals surface area contributed by atoms with Gasteiger partial charge in [0.1, 0.15) is 7.60 Å². The molecule has 0 spiro atoms. The van der Waals surface area contributed by atoms with E-state index in [2.05, 4.69) is 5.32 Å². The Kier molecular flexibility index (Phi) is 11.5. The van der Waals surface area contributed by atoms with Crippen LogP contribution in [0.2, 0.25) is 0 Å². The second-order valence-corrected chi connectivity index (χ2v) is 13.4. The van der Waals surface area contributed by atoms with Gasteiger partial charge in [-0.15, -0.1) is 0 Å². The van der Waals surface area contributed by atoms with E-state index in [1.54, 1.807) is 43.0 Å². The van der Waals surface area contributed by atoms with Gasteiger partial charge in [-0.05, 0) is 18.7 Å². The van der Waals surface area contributed by atoms with Crippen LogP contribution in [-0.4, -0.2) is 81.9 Å². The Morgan fingerprint density at radius 1 is 1.25 bits per heavy atom. The van der Waals surface area contributed by atoms with E-state index >= 15 is 0 Å². The molecule has 32 heavy (non-hydrogen) atoms. The summed E-state index contributed by atoms with van der Waals surface area (Å²) in [6, 6.07) is 8.88. The molecule has 0 aromatic heterocycles. The molecule has 4 atom stereocenters. The zero-order valence-corrected chi connectivity index (χ0v) is 21.9. The molecule has 1 saturated heterocycles. The van der Waals surface area contributed by atoms with Crippen molar-refractivity contribution in [3.8, 4) is 0 Å². The summed E-state index contributed by atoms with van der Waals surface area (Å²) in [4.78, 5) is 40.2. The van der Waals surface area contributed by atoms with Gasteiger partial charge in [-0.1, -0.05) is 25.1 Å². The second kappa shape index (κ2) is 12.2. The van der Waals surface area contributed by atoms with Crippen LogP contribution in [0.3, 0.4) is 0 Å². The molecule has 1 aliphatic rings. The van der Waals surface area contributed by atoms with Crippen LogP contribution in [0.5, 0.6) is 0 Å². The smallest absolute Gasteiger partial charge is 0.339 e. The molecular formula is C17H32FeN3O8P3. The van der Waals surface area contributed by atoms with Crippen molar-refractivity contribution in [1.29, 1.82) is 0 Å². The summed E-state index contributed by atoms with van der Waals surface area (Å²) in [6.45, 7) is 5.30. The molecule has 0 aliphatic carbocycles. The predicted octanol–water partition coefficient (Wildman–Crippen LogP) is 0.288. The molecular weight excluding hydrogens is 523 g/mol. The third-order valence-electron chi connectivity index (χ3n) is 5.45. The van der Waals surface area contributed by atoms with Crippen molar-refractivity contribution in [2.75, 3.05) is 51.6 Å². The largest absolute Gasteiger partial charge is 0.778 e. The normalized spacial score (nSPS) is 27.8. The van der Waals surface area contributed by atoms with E-state index in [-0.39, 0.29) is 34.4 Å². The number of quaternary nitrogens is 1. The van der Waals surface area contributed by atoms with Crippen LogP contribution in [-0.2, 0) is 35.3 Å². The van der Waals surface area contributed by atoms with E-state index < -0.39 is 41.4 Å². The summed E-state index contributed by atoms with van der Waals surface area (Å²) in [5.41, 5.74) is 0. The van der Waals surface area contributed by atoms with Crippen molar-refractivity contribution < 1.29 is 59.3 Å². The van der Waals surface area contributed by atoms with Crippen LogP contribution >= 0.6 is 22.6 Å². The number of nitrogens with one attached hydrogen (secondary N) is 1. The molecule has 11 nitrogen and oxygen atoms in total. The molecule has 0 amide bonds. The van der Waals surface area contributed by atoms with E-state index in [9.17, 15) is 23.5 Å². The molecule has 1 fully saturated rings. The topological polar surface area (TPSA) is 159 Å².